The summed E-state index contributed by atoms with van der Waals surface area (Å²) < 4.78 is 10.9. The van der Waals surface area contributed by atoms with Crippen molar-refractivity contribution >= 4 is 11.8 Å². The second-order valence-corrected chi connectivity index (χ2v) is 7.42. The van der Waals surface area contributed by atoms with Crippen molar-refractivity contribution in [3.05, 3.63) is 52.4 Å². The Morgan fingerprint density at radius 2 is 2.07 bits per heavy atom. The maximum absolute atomic E-state index is 12.9. The van der Waals surface area contributed by atoms with Gasteiger partial charge in [-0.3, -0.25) is 4.79 Å². The molecule has 0 fully saturated rings. The van der Waals surface area contributed by atoms with Gasteiger partial charge in [-0.15, -0.1) is 0 Å². The van der Waals surface area contributed by atoms with Gasteiger partial charge in [-0.1, -0.05) is 12.1 Å². The number of benzene rings is 1. The van der Waals surface area contributed by atoms with Gasteiger partial charge in [0.2, 0.25) is 0 Å². The Bertz CT molecular complexity index is 837. The molecule has 0 aromatic heterocycles. The number of carbonyl (C=O) groups excluding carboxylic acids is 2. The lowest BCUT2D eigenvalue weighted by Gasteiger charge is -2.34. The Hall–Kier alpha value is -2.60. The lowest BCUT2D eigenvalue weighted by Crippen LogP contribution is -2.34. The Kier molecular flexibility index (Phi) is 6.19. The van der Waals surface area contributed by atoms with Crippen LogP contribution in [0.1, 0.15) is 51.5 Å². The average molecular weight is 385 g/mol. The van der Waals surface area contributed by atoms with Crippen molar-refractivity contribution in [2.24, 2.45) is 0 Å². The highest BCUT2D eigenvalue weighted by Gasteiger charge is 2.39. The number of ketones is 1. The number of rotatable bonds is 6. The smallest absolute Gasteiger partial charge is 0.336 e. The molecule has 2 N–H and O–H groups in total. The predicted molar refractivity (Wildman–Crippen MR) is 105 cm³/mol. The molecule has 28 heavy (non-hydrogen) atoms. The first-order chi connectivity index (χ1) is 13.4. The molecular weight excluding hydrogens is 358 g/mol. The molecule has 150 valence electrons. The molecule has 1 aromatic carbocycles. The minimum absolute atomic E-state index is 0.0306. The zero-order valence-electron chi connectivity index (χ0n) is 16.6. The minimum Gasteiger partial charge on any atom is -0.508 e. The van der Waals surface area contributed by atoms with Crippen LogP contribution in [0.5, 0.6) is 5.75 Å². The summed E-state index contributed by atoms with van der Waals surface area (Å²) in [5.41, 5.74) is 3.25. The van der Waals surface area contributed by atoms with Crippen LogP contribution >= 0.6 is 0 Å². The monoisotopic (exact) mass is 385 g/mol. The normalized spacial score (nSPS) is 19.6. The average Bonchev–Trinajstić information content (AvgIpc) is 2.64. The number of dihydropyridines is 1. The number of nitrogens with one attached hydrogen (secondary N) is 1. The van der Waals surface area contributed by atoms with Crippen molar-refractivity contribution in [2.75, 3.05) is 13.2 Å². The molecule has 0 unspecified atom stereocenters. The number of hydrogen-bond acceptors (Lipinski definition) is 6. The summed E-state index contributed by atoms with van der Waals surface area (Å²) in [5, 5.41) is 13.2. The summed E-state index contributed by atoms with van der Waals surface area (Å²) in [5.74, 6) is -0.898. The second-order valence-electron chi connectivity index (χ2n) is 7.42. The molecule has 6 nitrogen and oxygen atoms in total. The van der Waals surface area contributed by atoms with Crippen LogP contribution in [0.25, 0.3) is 0 Å². The summed E-state index contributed by atoms with van der Waals surface area (Å²) in [6, 6.07) is 6.71. The number of Topliss-reactive ketones (excluding diaryl/α,β-unsaturated/α-hetero) is 1. The SMILES string of the molecule is CC1=C(C(=O)OCCOC(C)C)[C@H](c2cccc(O)c2)C2=C(CCCC2=O)N1. The number of carbonyl (C=O) groups is 2. The molecule has 0 bridgehead atoms. The van der Waals surface area contributed by atoms with Gasteiger partial charge in [-0.05, 0) is 51.3 Å². The van der Waals surface area contributed by atoms with Crippen molar-refractivity contribution in [3.63, 3.8) is 0 Å². The molecule has 1 aliphatic heterocycles. The number of esters is 1. The first-order valence-electron chi connectivity index (χ1n) is 9.70. The van der Waals surface area contributed by atoms with E-state index in [1.54, 1.807) is 18.2 Å². The molecule has 0 saturated carbocycles. The van der Waals surface area contributed by atoms with Gasteiger partial charge >= 0.3 is 5.97 Å². The van der Waals surface area contributed by atoms with Gasteiger partial charge in [0, 0.05) is 29.3 Å². The van der Waals surface area contributed by atoms with E-state index in [1.165, 1.54) is 0 Å². The van der Waals surface area contributed by atoms with Gasteiger partial charge in [-0.2, -0.15) is 0 Å². The van der Waals surface area contributed by atoms with Crippen LogP contribution in [0.3, 0.4) is 0 Å². The van der Waals surface area contributed by atoms with Gasteiger partial charge in [0.05, 0.1) is 18.3 Å². The first kappa shape index (κ1) is 20.1. The number of aromatic hydroxyl groups is 1. The number of phenolic OH excluding ortho intramolecular Hbond substituents is 1. The predicted octanol–water partition coefficient (Wildman–Crippen LogP) is 3.33. The Morgan fingerprint density at radius 1 is 1.29 bits per heavy atom. The molecule has 2 aliphatic rings. The number of ether oxygens (including phenoxy) is 2. The van der Waals surface area contributed by atoms with Crippen LogP contribution in [0.2, 0.25) is 0 Å². The lowest BCUT2D eigenvalue weighted by atomic mass is 9.75. The van der Waals surface area contributed by atoms with E-state index >= 15 is 0 Å². The fraction of sp³-hybridized carbons (Fsp3) is 0.455. The number of hydrogen-bond donors (Lipinski definition) is 2. The maximum Gasteiger partial charge on any atom is 0.336 e. The van der Waals surface area contributed by atoms with Crippen LogP contribution in [-0.4, -0.2) is 36.2 Å². The largest absolute Gasteiger partial charge is 0.508 e. The van der Waals surface area contributed by atoms with Crippen molar-refractivity contribution < 1.29 is 24.2 Å². The van der Waals surface area contributed by atoms with Crippen LogP contribution in [0.15, 0.2) is 46.8 Å². The van der Waals surface area contributed by atoms with E-state index in [0.717, 1.165) is 18.5 Å². The lowest BCUT2D eigenvalue weighted by molar-refractivity contribution is -0.141. The quantitative estimate of drug-likeness (QED) is 0.577. The van der Waals surface area contributed by atoms with Gasteiger partial charge in [0.25, 0.3) is 0 Å². The molecule has 1 aliphatic carbocycles. The van der Waals surface area contributed by atoms with Gasteiger partial charge < -0.3 is 19.9 Å². The fourth-order valence-corrected chi connectivity index (χ4v) is 3.79. The van der Waals surface area contributed by atoms with E-state index in [1.807, 2.05) is 26.8 Å². The highest BCUT2D eigenvalue weighted by molar-refractivity contribution is 6.03. The van der Waals surface area contributed by atoms with E-state index in [0.29, 0.717) is 35.4 Å². The summed E-state index contributed by atoms with van der Waals surface area (Å²) in [7, 11) is 0. The summed E-state index contributed by atoms with van der Waals surface area (Å²) in [6.07, 6.45) is 2.07. The third-order valence-corrected chi connectivity index (χ3v) is 4.97. The van der Waals surface area contributed by atoms with Crippen molar-refractivity contribution in [3.8, 4) is 5.75 Å². The summed E-state index contributed by atoms with van der Waals surface area (Å²) in [4.78, 5) is 25.7. The van der Waals surface area contributed by atoms with E-state index < -0.39 is 11.9 Å². The third-order valence-electron chi connectivity index (χ3n) is 4.97. The molecule has 0 amide bonds. The van der Waals surface area contributed by atoms with Crippen LogP contribution in [-0.2, 0) is 19.1 Å². The van der Waals surface area contributed by atoms with Gasteiger partial charge in [0.1, 0.15) is 12.4 Å². The Labute approximate surface area is 165 Å². The molecule has 0 saturated heterocycles. The molecule has 3 rings (SSSR count). The van der Waals surface area contributed by atoms with Gasteiger partial charge in [0.15, 0.2) is 5.78 Å². The zero-order chi connectivity index (χ0) is 20.3. The number of allylic oxidation sites excluding steroid dienone is 3. The standard InChI is InChI=1S/C22H27NO5/c1-13(2)27-10-11-28-22(26)19-14(3)23-17-8-5-9-18(25)21(17)20(19)15-6-4-7-16(24)12-15/h4,6-7,12-13,20,23-24H,5,8-11H2,1-3H3/t20-/m0/s1. The summed E-state index contributed by atoms with van der Waals surface area (Å²) >= 11 is 0. The van der Waals surface area contributed by atoms with Crippen molar-refractivity contribution in [1.82, 2.24) is 5.32 Å². The highest BCUT2D eigenvalue weighted by atomic mass is 16.6. The van der Waals surface area contributed by atoms with Crippen LogP contribution in [0, 0.1) is 0 Å². The Balaban J connectivity index is 1.94. The molecule has 6 heteroatoms. The van der Waals surface area contributed by atoms with Crippen LogP contribution in [0.4, 0.5) is 0 Å². The molecule has 0 radical (unpaired) electrons. The second kappa shape index (κ2) is 8.61. The molecule has 1 aromatic rings. The highest BCUT2D eigenvalue weighted by Crippen LogP contribution is 2.43. The molecular formula is C22H27NO5. The fourth-order valence-electron chi connectivity index (χ4n) is 3.79. The molecule has 1 atom stereocenters. The van der Waals surface area contributed by atoms with E-state index in [-0.39, 0.29) is 24.2 Å². The van der Waals surface area contributed by atoms with E-state index in [4.69, 9.17) is 9.47 Å². The minimum atomic E-state index is -0.547. The zero-order valence-corrected chi connectivity index (χ0v) is 16.6. The van der Waals surface area contributed by atoms with Gasteiger partial charge in [-0.25, -0.2) is 4.79 Å². The summed E-state index contributed by atoms with van der Waals surface area (Å²) in [6.45, 7) is 6.10. The third kappa shape index (κ3) is 4.28. The van der Waals surface area contributed by atoms with Crippen molar-refractivity contribution in [2.45, 2.75) is 52.1 Å². The van der Waals surface area contributed by atoms with E-state index in [9.17, 15) is 14.7 Å². The topological polar surface area (TPSA) is 84.9 Å². The molecule has 1 heterocycles. The molecule has 0 spiro atoms. The van der Waals surface area contributed by atoms with Crippen LogP contribution < -0.4 is 5.32 Å². The maximum atomic E-state index is 12.9. The van der Waals surface area contributed by atoms with E-state index in [2.05, 4.69) is 5.32 Å². The first-order valence-corrected chi connectivity index (χ1v) is 9.70. The number of phenols is 1. The Morgan fingerprint density at radius 3 is 2.79 bits per heavy atom. The van der Waals surface area contributed by atoms with Crippen molar-refractivity contribution in [1.29, 1.82) is 0 Å².